The summed E-state index contributed by atoms with van der Waals surface area (Å²) in [6.07, 6.45) is 3.22. The highest BCUT2D eigenvalue weighted by atomic mass is 16.5. The molecule has 0 bridgehead atoms. The van der Waals surface area contributed by atoms with E-state index < -0.39 is 0 Å². The Morgan fingerprint density at radius 1 is 1.26 bits per heavy atom. The molecule has 1 amide bonds. The van der Waals surface area contributed by atoms with E-state index >= 15 is 0 Å². The average molecular weight is 366 g/mol. The highest BCUT2D eigenvalue weighted by Gasteiger charge is 2.27. The molecule has 27 heavy (non-hydrogen) atoms. The molecular formula is C20H22N4O3. The molecule has 140 valence electrons. The average Bonchev–Trinajstić information content (AvgIpc) is 3.16. The number of fused-ring (bicyclic) bond motifs is 1. The van der Waals surface area contributed by atoms with Crippen molar-refractivity contribution in [3.8, 4) is 5.88 Å². The van der Waals surface area contributed by atoms with Crippen molar-refractivity contribution in [3.05, 3.63) is 48.2 Å². The van der Waals surface area contributed by atoms with Crippen molar-refractivity contribution < 1.29 is 13.9 Å². The van der Waals surface area contributed by atoms with Gasteiger partial charge in [0.25, 0.3) is 6.01 Å². The summed E-state index contributed by atoms with van der Waals surface area (Å²) in [6.45, 7) is 1.92. The summed E-state index contributed by atoms with van der Waals surface area (Å²) in [6, 6.07) is 12.1. The third-order valence-corrected chi connectivity index (χ3v) is 4.92. The number of rotatable bonds is 5. The van der Waals surface area contributed by atoms with Gasteiger partial charge in [-0.2, -0.15) is 4.98 Å². The SMILES string of the molecule is COc1ncccc1CNC(=O)C1CCN(c2nc3ccccc3o2)CC1. The van der Waals surface area contributed by atoms with E-state index in [2.05, 4.69) is 20.2 Å². The number of methoxy groups -OCH3 is 1. The first-order valence-corrected chi connectivity index (χ1v) is 9.10. The lowest BCUT2D eigenvalue weighted by Crippen LogP contribution is -2.40. The molecule has 1 fully saturated rings. The Kier molecular flexibility index (Phi) is 4.91. The molecule has 4 rings (SSSR count). The molecule has 0 spiro atoms. The van der Waals surface area contributed by atoms with Gasteiger partial charge in [-0.15, -0.1) is 0 Å². The fraction of sp³-hybridized carbons (Fsp3) is 0.350. The van der Waals surface area contributed by atoms with E-state index in [4.69, 9.17) is 9.15 Å². The summed E-state index contributed by atoms with van der Waals surface area (Å²) in [5.74, 6) is 0.606. The zero-order valence-corrected chi connectivity index (χ0v) is 15.2. The number of para-hydroxylation sites is 2. The molecule has 1 aliphatic heterocycles. The maximum absolute atomic E-state index is 12.5. The molecule has 1 N–H and O–H groups in total. The minimum atomic E-state index is -0.00621. The molecule has 0 saturated carbocycles. The summed E-state index contributed by atoms with van der Waals surface area (Å²) in [5, 5.41) is 3.00. The van der Waals surface area contributed by atoms with Gasteiger partial charge in [-0.05, 0) is 31.0 Å². The Balaban J connectivity index is 1.32. The van der Waals surface area contributed by atoms with E-state index in [1.54, 1.807) is 13.3 Å². The van der Waals surface area contributed by atoms with Crippen molar-refractivity contribution in [1.29, 1.82) is 0 Å². The zero-order valence-electron chi connectivity index (χ0n) is 15.2. The van der Waals surface area contributed by atoms with Gasteiger partial charge in [0.15, 0.2) is 5.58 Å². The number of benzene rings is 1. The summed E-state index contributed by atoms with van der Waals surface area (Å²) < 4.78 is 11.1. The summed E-state index contributed by atoms with van der Waals surface area (Å²) in [5.41, 5.74) is 2.52. The molecule has 0 unspecified atom stereocenters. The molecule has 1 aromatic carbocycles. The van der Waals surface area contributed by atoms with Crippen molar-refractivity contribution in [2.24, 2.45) is 5.92 Å². The number of hydrogen-bond acceptors (Lipinski definition) is 6. The van der Waals surface area contributed by atoms with Crippen LogP contribution in [0.2, 0.25) is 0 Å². The van der Waals surface area contributed by atoms with Gasteiger partial charge in [-0.25, -0.2) is 4.98 Å². The number of carbonyl (C=O) groups is 1. The number of nitrogens with zero attached hydrogens (tertiary/aromatic N) is 3. The fourth-order valence-electron chi connectivity index (χ4n) is 3.40. The predicted molar refractivity (Wildman–Crippen MR) is 102 cm³/mol. The van der Waals surface area contributed by atoms with Crippen LogP contribution in [-0.4, -0.2) is 36.1 Å². The minimum Gasteiger partial charge on any atom is -0.481 e. The van der Waals surface area contributed by atoms with Gasteiger partial charge in [0.1, 0.15) is 5.52 Å². The lowest BCUT2D eigenvalue weighted by atomic mass is 9.96. The van der Waals surface area contributed by atoms with Gasteiger partial charge in [-0.1, -0.05) is 18.2 Å². The van der Waals surface area contributed by atoms with Crippen LogP contribution in [0, 0.1) is 5.92 Å². The van der Waals surface area contributed by atoms with Gasteiger partial charge in [0, 0.05) is 37.3 Å². The highest BCUT2D eigenvalue weighted by molar-refractivity contribution is 5.79. The Morgan fingerprint density at radius 2 is 2.07 bits per heavy atom. The van der Waals surface area contributed by atoms with E-state index in [0.29, 0.717) is 18.4 Å². The lowest BCUT2D eigenvalue weighted by Gasteiger charge is -2.30. The maximum Gasteiger partial charge on any atom is 0.298 e. The minimum absolute atomic E-state index is 0.00621. The molecule has 3 aromatic rings. The molecule has 0 radical (unpaired) electrons. The summed E-state index contributed by atoms with van der Waals surface area (Å²) in [4.78, 5) is 23.3. The molecular weight excluding hydrogens is 344 g/mol. The molecule has 1 saturated heterocycles. The Bertz CT molecular complexity index is 899. The number of ether oxygens (including phenoxy) is 1. The number of aromatic nitrogens is 2. The number of carbonyl (C=O) groups excluding carboxylic acids is 1. The lowest BCUT2D eigenvalue weighted by molar-refractivity contribution is -0.125. The third kappa shape index (κ3) is 3.72. The first-order chi connectivity index (χ1) is 13.2. The van der Waals surface area contributed by atoms with Crippen LogP contribution >= 0.6 is 0 Å². The van der Waals surface area contributed by atoms with Crippen LogP contribution in [0.25, 0.3) is 11.1 Å². The first-order valence-electron chi connectivity index (χ1n) is 9.10. The second-order valence-corrected chi connectivity index (χ2v) is 6.62. The van der Waals surface area contributed by atoms with Crippen molar-refractivity contribution >= 4 is 23.0 Å². The van der Waals surface area contributed by atoms with Crippen LogP contribution in [0.15, 0.2) is 47.0 Å². The van der Waals surface area contributed by atoms with Crippen LogP contribution in [0.4, 0.5) is 6.01 Å². The summed E-state index contributed by atoms with van der Waals surface area (Å²) >= 11 is 0. The predicted octanol–water partition coefficient (Wildman–Crippen LogP) is 2.76. The molecule has 2 aromatic heterocycles. The topological polar surface area (TPSA) is 80.5 Å². The Hall–Kier alpha value is -3.09. The largest absolute Gasteiger partial charge is 0.481 e. The second-order valence-electron chi connectivity index (χ2n) is 6.62. The third-order valence-electron chi connectivity index (χ3n) is 4.92. The normalized spacial score (nSPS) is 15.1. The molecule has 0 aliphatic carbocycles. The monoisotopic (exact) mass is 366 g/mol. The summed E-state index contributed by atoms with van der Waals surface area (Å²) in [7, 11) is 1.58. The van der Waals surface area contributed by atoms with Gasteiger partial charge in [0.05, 0.1) is 7.11 Å². The van der Waals surface area contributed by atoms with Crippen molar-refractivity contribution in [2.45, 2.75) is 19.4 Å². The number of oxazole rings is 1. The van der Waals surface area contributed by atoms with Gasteiger partial charge >= 0.3 is 0 Å². The number of amides is 1. The van der Waals surface area contributed by atoms with Gasteiger partial charge in [0.2, 0.25) is 11.8 Å². The number of pyridine rings is 1. The van der Waals surface area contributed by atoms with E-state index in [1.165, 1.54) is 0 Å². The van der Waals surface area contributed by atoms with Crippen molar-refractivity contribution in [3.63, 3.8) is 0 Å². The fourth-order valence-corrected chi connectivity index (χ4v) is 3.40. The molecule has 7 nitrogen and oxygen atoms in total. The standard InChI is InChI=1S/C20H22N4O3/c1-26-19-15(5-4-10-21-19)13-22-18(25)14-8-11-24(12-9-14)20-23-16-6-2-3-7-17(16)27-20/h2-7,10,14H,8-9,11-13H2,1H3,(H,22,25). The van der Waals surface area contributed by atoms with Gasteiger partial charge in [-0.3, -0.25) is 4.79 Å². The van der Waals surface area contributed by atoms with E-state index in [-0.39, 0.29) is 11.8 Å². The van der Waals surface area contributed by atoms with E-state index in [1.807, 2.05) is 36.4 Å². The maximum atomic E-state index is 12.5. The smallest absolute Gasteiger partial charge is 0.298 e. The molecule has 7 heteroatoms. The number of hydrogen-bond donors (Lipinski definition) is 1. The van der Waals surface area contributed by atoms with Crippen LogP contribution in [0.5, 0.6) is 5.88 Å². The van der Waals surface area contributed by atoms with E-state index in [9.17, 15) is 4.79 Å². The molecule has 3 heterocycles. The number of piperidine rings is 1. The number of anilines is 1. The van der Waals surface area contributed by atoms with Crippen LogP contribution in [-0.2, 0) is 11.3 Å². The van der Waals surface area contributed by atoms with Crippen molar-refractivity contribution in [2.75, 3.05) is 25.1 Å². The van der Waals surface area contributed by atoms with E-state index in [0.717, 1.165) is 42.6 Å². The zero-order chi connectivity index (χ0) is 18.6. The first kappa shape index (κ1) is 17.3. The van der Waals surface area contributed by atoms with Crippen LogP contribution < -0.4 is 15.0 Å². The second kappa shape index (κ2) is 7.65. The Labute approximate surface area is 157 Å². The quantitative estimate of drug-likeness (QED) is 0.748. The van der Waals surface area contributed by atoms with Gasteiger partial charge < -0.3 is 19.4 Å². The highest BCUT2D eigenvalue weighted by Crippen LogP contribution is 2.26. The number of nitrogens with one attached hydrogen (secondary N) is 1. The van der Waals surface area contributed by atoms with Crippen LogP contribution in [0.1, 0.15) is 18.4 Å². The Morgan fingerprint density at radius 3 is 2.85 bits per heavy atom. The molecule has 0 atom stereocenters. The molecule has 1 aliphatic rings. The van der Waals surface area contributed by atoms with Crippen LogP contribution in [0.3, 0.4) is 0 Å². The van der Waals surface area contributed by atoms with Crippen molar-refractivity contribution in [1.82, 2.24) is 15.3 Å².